The van der Waals surface area contributed by atoms with E-state index in [-0.39, 0.29) is 0 Å². The van der Waals surface area contributed by atoms with Crippen molar-refractivity contribution in [2.75, 3.05) is 47.4 Å². The molecule has 0 saturated heterocycles. The van der Waals surface area contributed by atoms with E-state index in [4.69, 9.17) is 4.74 Å². The molecule has 120 valence electrons. The van der Waals surface area contributed by atoms with Gasteiger partial charge in [-0.25, -0.2) is 4.98 Å². The van der Waals surface area contributed by atoms with Gasteiger partial charge < -0.3 is 20.3 Å². The molecule has 1 aromatic rings. The van der Waals surface area contributed by atoms with Crippen molar-refractivity contribution in [3.05, 3.63) is 16.1 Å². The summed E-state index contributed by atoms with van der Waals surface area (Å²) in [5, 5.41) is 7.67. The van der Waals surface area contributed by atoms with E-state index in [9.17, 15) is 0 Å². The number of hydrogen-bond acceptors (Lipinski definition) is 5. The number of methoxy groups -OCH3 is 1. The SMILES string of the molecule is CCc1cnc(CNC(=NC)NCCN(C)CCOC)s1. The number of likely N-dealkylation sites (N-methyl/N-ethyl adjacent to an activating group) is 1. The van der Waals surface area contributed by atoms with Crippen molar-refractivity contribution >= 4 is 17.3 Å². The first-order valence-electron chi connectivity index (χ1n) is 7.25. The van der Waals surface area contributed by atoms with Gasteiger partial charge in [-0.05, 0) is 13.5 Å². The normalized spacial score (nSPS) is 12.0. The lowest BCUT2D eigenvalue weighted by Crippen LogP contribution is -2.41. The molecule has 0 aliphatic rings. The molecule has 0 spiro atoms. The minimum Gasteiger partial charge on any atom is -0.383 e. The van der Waals surface area contributed by atoms with Crippen LogP contribution >= 0.6 is 11.3 Å². The summed E-state index contributed by atoms with van der Waals surface area (Å²) in [5.41, 5.74) is 0. The molecular formula is C14H27N5OS. The van der Waals surface area contributed by atoms with E-state index in [1.165, 1.54) is 4.88 Å². The molecule has 0 unspecified atom stereocenters. The summed E-state index contributed by atoms with van der Waals surface area (Å²) in [6, 6.07) is 0. The van der Waals surface area contributed by atoms with E-state index in [1.54, 1.807) is 25.5 Å². The quantitative estimate of drug-likeness (QED) is 0.525. The lowest BCUT2D eigenvalue weighted by molar-refractivity contribution is 0.162. The third kappa shape index (κ3) is 7.40. The highest BCUT2D eigenvalue weighted by Gasteiger charge is 2.03. The van der Waals surface area contributed by atoms with Crippen LogP contribution in [0.25, 0.3) is 0 Å². The molecule has 0 aromatic carbocycles. The molecule has 1 aromatic heterocycles. The Labute approximate surface area is 131 Å². The fourth-order valence-electron chi connectivity index (χ4n) is 1.70. The smallest absolute Gasteiger partial charge is 0.191 e. The number of nitrogens with one attached hydrogen (secondary N) is 2. The summed E-state index contributed by atoms with van der Waals surface area (Å²) in [5.74, 6) is 0.809. The molecule has 0 bridgehead atoms. The number of hydrogen-bond donors (Lipinski definition) is 2. The summed E-state index contributed by atoms with van der Waals surface area (Å²) in [6.45, 7) is 6.34. The molecule has 6 nitrogen and oxygen atoms in total. The molecule has 21 heavy (non-hydrogen) atoms. The van der Waals surface area contributed by atoms with Gasteiger partial charge in [-0.3, -0.25) is 4.99 Å². The van der Waals surface area contributed by atoms with Crippen LogP contribution in [0.2, 0.25) is 0 Å². The van der Waals surface area contributed by atoms with Crippen LogP contribution in [0.1, 0.15) is 16.8 Å². The maximum absolute atomic E-state index is 5.06. The summed E-state index contributed by atoms with van der Waals surface area (Å²) >= 11 is 1.74. The second-order valence-corrected chi connectivity index (χ2v) is 5.92. The molecule has 0 fully saturated rings. The molecular weight excluding hydrogens is 286 g/mol. The van der Waals surface area contributed by atoms with Crippen molar-refractivity contribution < 1.29 is 4.74 Å². The van der Waals surface area contributed by atoms with Crippen LogP contribution in [0.15, 0.2) is 11.2 Å². The maximum Gasteiger partial charge on any atom is 0.191 e. The average molecular weight is 313 g/mol. The third-order valence-electron chi connectivity index (χ3n) is 3.04. The van der Waals surface area contributed by atoms with Gasteiger partial charge in [-0.1, -0.05) is 6.92 Å². The number of aryl methyl sites for hydroxylation is 1. The summed E-state index contributed by atoms with van der Waals surface area (Å²) < 4.78 is 5.06. The Balaban J connectivity index is 2.23. The van der Waals surface area contributed by atoms with Gasteiger partial charge >= 0.3 is 0 Å². The van der Waals surface area contributed by atoms with Crippen LogP contribution in [0.5, 0.6) is 0 Å². The summed E-state index contributed by atoms with van der Waals surface area (Å²) in [7, 11) is 5.59. The fraction of sp³-hybridized carbons (Fsp3) is 0.714. The topological polar surface area (TPSA) is 61.8 Å². The van der Waals surface area contributed by atoms with Gasteiger partial charge in [0, 0.05) is 44.9 Å². The number of ether oxygens (including phenoxy) is 1. The molecule has 0 amide bonds. The minimum absolute atomic E-state index is 0.712. The first-order chi connectivity index (χ1) is 10.2. The molecule has 0 atom stereocenters. The number of thiazole rings is 1. The van der Waals surface area contributed by atoms with E-state index >= 15 is 0 Å². The molecule has 1 heterocycles. The van der Waals surface area contributed by atoms with E-state index in [0.717, 1.165) is 43.6 Å². The van der Waals surface area contributed by atoms with Crippen molar-refractivity contribution in [1.29, 1.82) is 0 Å². The van der Waals surface area contributed by atoms with E-state index < -0.39 is 0 Å². The standard InChI is InChI=1S/C14H27N5OS/c1-5-12-10-17-13(21-12)11-18-14(15-2)16-6-7-19(3)8-9-20-4/h10H,5-9,11H2,1-4H3,(H2,15,16,18). The fourth-order valence-corrected chi connectivity index (χ4v) is 2.50. The number of guanidine groups is 1. The third-order valence-corrected chi connectivity index (χ3v) is 4.19. The van der Waals surface area contributed by atoms with Crippen LogP contribution in [-0.2, 0) is 17.7 Å². The largest absolute Gasteiger partial charge is 0.383 e. The van der Waals surface area contributed by atoms with Crippen LogP contribution < -0.4 is 10.6 Å². The molecule has 0 aliphatic heterocycles. The predicted octanol–water partition coefficient (Wildman–Crippen LogP) is 0.949. The number of nitrogens with zero attached hydrogens (tertiary/aromatic N) is 3. The van der Waals surface area contributed by atoms with Crippen LogP contribution in [0.3, 0.4) is 0 Å². The number of aromatic nitrogens is 1. The average Bonchev–Trinajstić information content (AvgIpc) is 2.96. The Hall–Kier alpha value is -1.18. The molecule has 1 rings (SSSR count). The van der Waals surface area contributed by atoms with E-state index in [2.05, 4.69) is 39.5 Å². The van der Waals surface area contributed by atoms with Gasteiger partial charge in [0.25, 0.3) is 0 Å². The van der Waals surface area contributed by atoms with Crippen molar-refractivity contribution in [1.82, 2.24) is 20.5 Å². The Morgan fingerprint density at radius 3 is 2.86 bits per heavy atom. The van der Waals surface area contributed by atoms with Gasteiger partial charge in [0.15, 0.2) is 5.96 Å². The molecule has 7 heteroatoms. The molecule has 0 radical (unpaired) electrons. The van der Waals surface area contributed by atoms with Gasteiger partial charge in [-0.15, -0.1) is 11.3 Å². The van der Waals surface area contributed by atoms with Crippen molar-refractivity contribution in [3.63, 3.8) is 0 Å². The predicted molar refractivity (Wildman–Crippen MR) is 89.1 cm³/mol. The highest BCUT2D eigenvalue weighted by molar-refractivity contribution is 7.11. The minimum atomic E-state index is 0.712. The summed E-state index contributed by atoms with van der Waals surface area (Å²) in [6.07, 6.45) is 2.99. The second kappa shape index (κ2) is 10.5. The van der Waals surface area contributed by atoms with E-state index in [1.807, 2.05) is 6.20 Å². The lowest BCUT2D eigenvalue weighted by Gasteiger charge is -2.17. The van der Waals surface area contributed by atoms with Gasteiger partial charge in [-0.2, -0.15) is 0 Å². The van der Waals surface area contributed by atoms with E-state index in [0.29, 0.717) is 6.54 Å². The highest BCUT2D eigenvalue weighted by atomic mass is 32.1. The monoisotopic (exact) mass is 313 g/mol. The molecule has 0 saturated carbocycles. The Kier molecular flexibility index (Phi) is 8.96. The van der Waals surface area contributed by atoms with Crippen LogP contribution in [-0.4, -0.2) is 63.3 Å². The van der Waals surface area contributed by atoms with Crippen LogP contribution in [0.4, 0.5) is 0 Å². The van der Waals surface area contributed by atoms with Crippen molar-refractivity contribution in [2.24, 2.45) is 4.99 Å². The Morgan fingerprint density at radius 1 is 1.43 bits per heavy atom. The van der Waals surface area contributed by atoms with Crippen molar-refractivity contribution in [2.45, 2.75) is 19.9 Å². The molecule has 2 N–H and O–H groups in total. The number of rotatable bonds is 9. The Bertz CT molecular complexity index is 421. The van der Waals surface area contributed by atoms with Gasteiger partial charge in [0.1, 0.15) is 5.01 Å². The lowest BCUT2D eigenvalue weighted by atomic mass is 10.4. The second-order valence-electron chi connectivity index (χ2n) is 4.72. The van der Waals surface area contributed by atoms with Gasteiger partial charge in [0.2, 0.25) is 0 Å². The Morgan fingerprint density at radius 2 is 2.24 bits per heavy atom. The van der Waals surface area contributed by atoms with Crippen LogP contribution in [0, 0.1) is 0 Å². The zero-order valence-electron chi connectivity index (χ0n) is 13.5. The zero-order valence-corrected chi connectivity index (χ0v) is 14.3. The highest BCUT2D eigenvalue weighted by Crippen LogP contribution is 2.12. The summed E-state index contributed by atoms with van der Waals surface area (Å²) in [4.78, 5) is 12.1. The number of aliphatic imine (C=N–C) groups is 1. The first-order valence-corrected chi connectivity index (χ1v) is 8.06. The maximum atomic E-state index is 5.06. The zero-order chi connectivity index (χ0) is 15.5. The van der Waals surface area contributed by atoms with Gasteiger partial charge in [0.05, 0.1) is 13.2 Å². The molecule has 0 aliphatic carbocycles. The first kappa shape index (κ1) is 17.9. The van der Waals surface area contributed by atoms with Crippen molar-refractivity contribution in [3.8, 4) is 0 Å².